The largest absolute Gasteiger partial charge is 0.508 e. The van der Waals surface area contributed by atoms with Gasteiger partial charge in [-0.1, -0.05) is 46.8 Å². The van der Waals surface area contributed by atoms with Crippen molar-refractivity contribution in [2.45, 2.75) is 92.0 Å². The van der Waals surface area contributed by atoms with E-state index in [4.69, 9.17) is 14.5 Å². The number of aromatic nitrogens is 5. The van der Waals surface area contributed by atoms with E-state index in [1.807, 2.05) is 64.1 Å². The molecule has 6 aromatic rings. The Morgan fingerprint density at radius 1 is 0.928 bits per heavy atom. The van der Waals surface area contributed by atoms with E-state index in [0.29, 0.717) is 64.9 Å². The molecule has 3 aromatic heterocycles. The third-order valence-corrected chi connectivity index (χ3v) is 14.2. The molecule has 0 aliphatic carbocycles. The minimum atomic E-state index is -1.90. The number of amides is 1. The zero-order valence-electron chi connectivity index (χ0n) is 40.0. The highest BCUT2D eigenvalue weighted by Gasteiger charge is 2.45. The number of piperazine rings is 1. The Kier molecular flexibility index (Phi) is 13.0. The summed E-state index contributed by atoms with van der Waals surface area (Å²) in [5.74, 6) is 0.0647. The van der Waals surface area contributed by atoms with Gasteiger partial charge >= 0.3 is 17.8 Å². The molecule has 1 amide bonds. The summed E-state index contributed by atoms with van der Waals surface area (Å²) in [6, 6.07) is 17.8. The molecule has 6 heterocycles. The van der Waals surface area contributed by atoms with Crippen LogP contribution in [0, 0.1) is 5.92 Å². The first-order valence-corrected chi connectivity index (χ1v) is 24.0. The Balaban J connectivity index is 0.780. The first kappa shape index (κ1) is 47.3. The Morgan fingerprint density at radius 2 is 1.67 bits per heavy atom. The minimum Gasteiger partial charge on any atom is -0.508 e. The summed E-state index contributed by atoms with van der Waals surface area (Å²) < 4.78 is 14.3. The number of ether oxygens (including phenoxy) is 2. The first-order chi connectivity index (χ1) is 33.1. The van der Waals surface area contributed by atoms with Crippen molar-refractivity contribution in [3.8, 4) is 45.7 Å². The maximum Gasteiger partial charge on any atom is 0.415 e. The number of carbonyl (C=O) groups excluding carboxylic acids is 2. The van der Waals surface area contributed by atoms with E-state index in [0.717, 1.165) is 67.8 Å². The highest BCUT2D eigenvalue weighted by Crippen LogP contribution is 2.41. The number of aromatic hydroxyl groups is 2. The number of aryl methyl sites for hydroxylation is 1. The standard InChI is InChI=1S/C52H60N8O9/c1-7-35-37-22-34(14-15-42(37)53-46-39(35)28-59-43(46)24-41-40(48(59)63)29-68-49(64)52(41,67)8-2)69-51(66)58(9-3)17-16-31(6)26-56-18-20-57(21-19-56)27-32-10-12-33(13-11-32)60-47(54-55-50(60)65)38-23-36(30(4)5)44(61)25-45(38)62/h10-15,22-25,30-31,61-62,67H,7-9,16-21,26-29H2,1-6H3,(H,55,65)/t31?,52-/m0/s1. The second-order valence-electron chi connectivity index (χ2n) is 18.9. The molecule has 17 heteroatoms. The zero-order chi connectivity index (χ0) is 48.9. The van der Waals surface area contributed by atoms with E-state index < -0.39 is 23.4 Å². The van der Waals surface area contributed by atoms with E-state index in [1.54, 1.807) is 34.6 Å². The van der Waals surface area contributed by atoms with Gasteiger partial charge < -0.3 is 39.2 Å². The first-order valence-electron chi connectivity index (χ1n) is 24.0. The van der Waals surface area contributed by atoms with Crippen LogP contribution in [0.2, 0.25) is 0 Å². The van der Waals surface area contributed by atoms with Crippen LogP contribution >= 0.6 is 0 Å². The average molecular weight is 941 g/mol. The molecule has 0 spiro atoms. The fraction of sp³-hybridized carbons (Fsp3) is 0.423. The van der Waals surface area contributed by atoms with Gasteiger partial charge in [0.25, 0.3) is 5.56 Å². The molecular weight excluding hydrogens is 881 g/mol. The number of phenolic OH excluding ortho intramolecular Hbond substituents is 2. The number of nitrogens with zero attached hydrogens (tertiary/aromatic N) is 7. The Hall–Kier alpha value is -6.82. The van der Waals surface area contributed by atoms with Gasteiger partial charge in [-0.25, -0.2) is 29.0 Å². The second-order valence-corrected chi connectivity index (χ2v) is 18.9. The van der Waals surface area contributed by atoms with Gasteiger partial charge in [0.05, 0.1) is 40.3 Å². The summed E-state index contributed by atoms with van der Waals surface area (Å²) in [4.78, 5) is 64.5. The van der Waals surface area contributed by atoms with Gasteiger partial charge in [-0.2, -0.15) is 5.10 Å². The maximum absolute atomic E-state index is 13.8. The number of H-pyrrole nitrogens is 1. The van der Waals surface area contributed by atoms with Crippen LogP contribution in [0.15, 0.2) is 70.3 Å². The number of hydrogen-bond acceptors (Lipinski definition) is 13. The highest BCUT2D eigenvalue weighted by molar-refractivity contribution is 5.90. The molecule has 1 unspecified atom stereocenters. The lowest BCUT2D eigenvalue weighted by Gasteiger charge is -2.36. The number of aliphatic hydroxyl groups is 1. The van der Waals surface area contributed by atoms with E-state index in [1.165, 1.54) is 10.6 Å². The Bertz CT molecular complexity index is 3080. The monoisotopic (exact) mass is 940 g/mol. The molecule has 4 N–H and O–H groups in total. The average Bonchev–Trinajstić information content (AvgIpc) is 3.90. The maximum atomic E-state index is 13.8. The zero-order valence-corrected chi connectivity index (χ0v) is 40.0. The van der Waals surface area contributed by atoms with Crippen molar-refractivity contribution in [1.29, 1.82) is 0 Å². The molecule has 0 saturated carbocycles. The summed E-state index contributed by atoms with van der Waals surface area (Å²) >= 11 is 0. The van der Waals surface area contributed by atoms with Gasteiger partial charge in [0.1, 0.15) is 23.9 Å². The lowest BCUT2D eigenvalue weighted by molar-refractivity contribution is -0.172. The van der Waals surface area contributed by atoms with Gasteiger partial charge in [0.2, 0.25) is 0 Å². The number of pyridine rings is 2. The molecule has 9 rings (SSSR count). The van der Waals surface area contributed by atoms with Crippen molar-refractivity contribution in [2.75, 3.05) is 45.8 Å². The number of rotatable bonds is 14. The van der Waals surface area contributed by atoms with Crippen LogP contribution in [-0.4, -0.2) is 112 Å². The number of carbonyl (C=O) groups is 2. The third kappa shape index (κ3) is 8.78. The van der Waals surface area contributed by atoms with E-state index in [9.17, 15) is 34.5 Å². The second kappa shape index (κ2) is 18.9. The van der Waals surface area contributed by atoms with Crippen LogP contribution in [0.1, 0.15) is 93.7 Å². The number of aromatic amines is 1. The number of hydrogen-bond donors (Lipinski definition) is 4. The fourth-order valence-corrected chi connectivity index (χ4v) is 10.2. The van der Waals surface area contributed by atoms with Crippen molar-refractivity contribution < 1.29 is 34.4 Å². The van der Waals surface area contributed by atoms with Crippen molar-refractivity contribution in [2.24, 2.45) is 5.92 Å². The van der Waals surface area contributed by atoms with Crippen molar-refractivity contribution in [3.05, 3.63) is 115 Å². The van der Waals surface area contributed by atoms with Crippen LogP contribution in [0.4, 0.5) is 4.79 Å². The summed E-state index contributed by atoms with van der Waals surface area (Å²) in [5.41, 5.74) is 4.35. The van der Waals surface area contributed by atoms with Crippen LogP contribution in [-0.2, 0) is 41.2 Å². The smallest absolute Gasteiger partial charge is 0.415 e. The lowest BCUT2D eigenvalue weighted by Crippen LogP contribution is -2.47. The minimum absolute atomic E-state index is 0.00417. The number of phenols is 2. The molecule has 0 radical (unpaired) electrons. The molecule has 1 fully saturated rings. The lowest BCUT2D eigenvalue weighted by atomic mass is 9.86. The van der Waals surface area contributed by atoms with Crippen molar-refractivity contribution in [1.82, 2.24) is 39.0 Å². The Morgan fingerprint density at radius 3 is 2.36 bits per heavy atom. The molecule has 0 bridgehead atoms. The van der Waals surface area contributed by atoms with E-state index in [-0.39, 0.29) is 59.5 Å². The highest BCUT2D eigenvalue weighted by atomic mass is 16.6. The summed E-state index contributed by atoms with van der Waals surface area (Å²) in [6.07, 6.45) is 1.10. The number of nitrogens with one attached hydrogen (secondary N) is 1. The van der Waals surface area contributed by atoms with Crippen molar-refractivity contribution in [3.63, 3.8) is 0 Å². The Labute approximate surface area is 399 Å². The number of fused-ring (bicyclic) bond motifs is 5. The third-order valence-electron chi connectivity index (χ3n) is 14.2. The van der Waals surface area contributed by atoms with Gasteiger partial charge in [0, 0.05) is 74.9 Å². The number of benzene rings is 3. The van der Waals surface area contributed by atoms with Crippen molar-refractivity contribution >= 4 is 23.0 Å². The van der Waals surface area contributed by atoms with E-state index >= 15 is 0 Å². The molecule has 362 valence electrons. The molecule has 3 aliphatic rings. The van der Waals surface area contributed by atoms with E-state index in [2.05, 4.69) is 26.9 Å². The van der Waals surface area contributed by atoms with Crippen LogP contribution in [0.5, 0.6) is 17.2 Å². The number of cyclic esters (lactones) is 1. The molecule has 3 aromatic carbocycles. The quantitative estimate of drug-likeness (QED) is 0.0874. The molecule has 1 saturated heterocycles. The fourth-order valence-electron chi connectivity index (χ4n) is 10.2. The molecule has 2 atom stereocenters. The number of esters is 1. The van der Waals surface area contributed by atoms with Gasteiger partial charge in [-0.3, -0.25) is 9.69 Å². The van der Waals surface area contributed by atoms with Crippen LogP contribution < -0.4 is 16.0 Å². The van der Waals surface area contributed by atoms with Crippen LogP contribution in [0.25, 0.3) is 39.4 Å². The molecule has 69 heavy (non-hydrogen) atoms. The molecular formula is C52H60N8O9. The van der Waals surface area contributed by atoms with Gasteiger partial charge in [-0.05, 0) is 97.2 Å². The summed E-state index contributed by atoms with van der Waals surface area (Å²) in [6.45, 7) is 18.2. The predicted molar refractivity (Wildman–Crippen MR) is 260 cm³/mol. The summed E-state index contributed by atoms with van der Waals surface area (Å²) in [5, 5.41) is 39.9. The predicted octanol–water partition coefficient (Wildman–Crippen LogP) is 6.38. The normalized spacial score (nSPS) is 17.4. The van der Waals surface area contributed by atoms with Gasteiger partial charge in [0.15, 0.2) is 11.4 Å². The summed E-state index contributed by atoms with van der Waals surface area (Å²) in [7, 11) is 0. The molecule has 17 nitrogen and oxygen atoms in total. The van der Waals surface area contributed by atoms with Crippen LogP contribution in [0.3, 0.4) is 0 Å². The topological polar surface area (TPSA) is 209 Å². The molecule has 3 aliphatic heterocycles. The SMILES string of the molecule is CCc1c2c(nc3ccc(OC(=O)N(CC)CCC(C)CN4CCN(Cc5ccc(-n6c(-c7cc(C(C)C)c(O)cc7O)n[nH]c6=O)cc5)CC4)cc13)-c1cc3c(c(=O)n1C2)COC(=O)[C@]3(O)CC. The van der Waals surface area contributed by atoms with Gasteiger partial charge in [-0.15, -0.1) is 0 Å².